The summed E-state index contributed by atoms with van der Waals surface area (Å²) in [5.74, 6) is -0.692. The standard InChI is InChI=1S/C11H18N4O4S.ClH/c1-3-19-11(16)9-6-13-14-10(9)20(17,18)15-5-4-12-8(2)7-15;/h6,8,12H,3-5,7H2,1-2H3,(H,13,14);1H. The van der Waals surface area contributed by atoms with E-state index in [0.717, 1.165) is 0 Å². The smallest absolute Gasteiger partial charge is 0.342 e. The molecule has 1 atom stereocenters. The highest BCUT2D eigenvalue weighted by Gasteiger charge is 2.33. The Kier molecular flexibility index (Phi) is 6.14. The van der Waals surface area contributed by atoms with Crippen molar-refractivity contribution in [2.24, 2.45) is 0 Å². The molecule has 1 fully saturated rings. The lowest BCUT2D eigenvalue weighted by atomic mass is 10.3. The van der Waals surface area contributed by atoms with Crippen molar-refractivity contribution in [1.29, 1.82) is 0 Å². The Morgan fingerprint density at radius 3 is 2.90 bits per heavy atom. The molecule has 2 N–H and O–H groups in total. The molecule has 1 aliphatic heterocycles. The van der Waals surface area contributed by atoms with Crippen molar-refractivity contribution in [2.45, 2.75) is 24.9 Å². The van der Waals surface area contributed by atoms with Crippen molar-refractivity contribution < 1.29 is 17.9 Å². The van der Waals surface area contributed by atoms with E-state index in [1.54, 1.807) is 6.92 Å². The fourth-order valence-corrected chi connectivity index (χ4v) is 3.66. The van der Waals surface area contributed by atoms with Gasteiger partial charge in [-0.15, -0.1) is 12.4 Å². The van der Waals surface area contributed by atoms with Crippen LogP contribution in [0.4, 0.5) is 0 Å². The molecule has 0 radical (unpaired) electrons. The number of esters is 1. The second-order valence-corrected chi connectivity index (χ2v) is 6.43. The number of carbonyl (C=O) groups excluding carboxylic acids is 1. The molecule has 1 unspecified atom stereocenters. The number of carbonyl (C=O) groups is 1. The lowest BCUT2D eigenvalue weighted by Gasteiger charge is -2.30. The SMILES string of the molecule is CCOC(=O)c1cn[nH]c1S(=O)(=O)N1CCNC(C)C1.Cl. The van der Waals surface area contributed by atoms with Gasteiger partial charge in [-0.05, 0) is 13.8 Å². The van der Waals surface area contributed by atoms with Gasteiger partial charge in [0.15, 0.2) is 5.03 Å². The molecule has 0 saturated carbocycles. The van der Waals surface area contributed by atoms with Gasteiger partial charge in [0.2, 0.25) is 0 Å². The second-order valence-electron chi connectivity index (χ2n) is 4.55. The van der Waals surface area contributed by atoms with Crippen LogP contribution in [-0.4, -0.2) is 61.2 Å². The highest BCUT2D eigenvalue weighted by molar-refractivity contribution is 7.89. The van der Waals surface area contributed by atoms with Gasteiger partial charge in [0.1, 0.15) is 5.56 Å². The molecule has 1 aliphatic rings. The first-order valence-corrected chi connectivity index (χ1v) is 7.84. The number of sulfonamides is 1. The van der Waals surface area contributed by atoms with Crippen LogP contribution in [0.1, 0.15) is 24.2 Å². The lowest BCUT2D eigenvalue weighted by Crippen LogP contribution is -2.51. The molecule has 0 aliphatic carbocycles. The van der Waals surface area contributed by atoms with E-state index in [2.05, 4.69) is 15.5 Å². The van der Waals surface area contributed by atoms with Gasteiger partial charge in [0.05, 0.1) is 12.8 Å². The number of aromatic amines is 1. The average Bonchev–Trinajstić information content (AvgIpc) is 2.89. The van der Waals surface area contributed by atoms with Crippen LogP contribution in [0.25, 0.3) is 0 Å². The molecule has 0 bridgehead atoms. The lowest BCUT2D eigenvalue weighted by molar-refractivity contribution is 0.0521. The van der Waals surface area contributed by atoms with Crippen LogP contribution in [0.5, 0.6) is 0 Å². The first kappa shape index (κ1) is 17.9. The van der Waals surface area contributed by atoms with Crippen molar-refractivity contribution in [3.63, 3.8) is 0 Å². The minimum atomic E-state index is -3.77. The average molecular weight is 339 g/mol. The van der Waals surface area contributed by atoms with Gasteiger partial charge < -0.3 is 10.1 Å². The van der Waals surface area contributed by atoms with E-state index in [4.69, 9.17) is 4.74 Å². The van der Waals surface area contributed by atoms with E-state index in [9.17, 15) is 13.2 Å². The molecule has 1 aromatic rings. The molecule has 1 saturated heterocycles. The number of nitrogens with one attached hydrogen (secondary N) is 2. The molecule has 1 aromatic heterocycles. The maximum absolute atomic E-state index is 12.5. The first-order valence-electron chi connectivity index (χ1n) is 6.40. The summed E-state index contributed by atoms with van der Waals surface area (Å²) in [7, 11) is -3.77. The van der Waals surface area contributed by atoms with Crippen LogP contribution < -0.4 is 5.32 Å². The molecular weight excluding hydrogens is 320 g/mol. The third-order valence-corrected chi connectivity index (χ3v) is 4.87. The Balaban J connectivity index is 0.00000220. The Morgan fingerprint density at radius 1 is 1.57 bits per heavy atom. The summed E-state index contributed by atoms with van der Waals surface area (Å²) in [5, 5.41) is 9.01. The number of aromatic nitrogens is 2. The zero-order valence-corrected chi connectivity index (χ0v) is 13.5. The molecule has 0 spiro atoms. The molecular formula is C11H19ClN4O4S. The van der Waals surface area contributed by atoms with Gasteiger partial charge in [0, 0.05) is 25.7 Å². The third-order valence-electron chi connectivity index (χ3n) is 3.03. The van der Waals surface area contributed by atoms with Crippen molar-refractivity contribution in [3.05, 3.63) is 11.8 Å². The summed E-state index contributed by atoms with van der Waals surface area (Å²) in [6.07, 6.45) is 1.18. The third kappa shape index (κ3) is 3.73. The topological polar surface area (TPSA) is 104 Å². The molecule has 2 heterocycles. The molecule has 10 heteroatoms. The van der Waals surface area contributed by atoms with Crippen LogP contribution >= 0.6 is 12.4 Å². The first-order chi connectivity index (χ1) is 9.46. The van der Waals surface area contributed by atoms with Crippen LogP contribution in [-0.2, 0) is 14.8 Å². The van der Waals surface area contributed by atoms with Gasteiger partial charge in [-0.25, -0.2) is 13.2 Å². The van der Waals surface area contributed by atoms with Crippen LogP contribution in [0.15, 0.2) is 11.2 Å². The van der Waals surface area contributed by atoms with E-state index >= 15 is 0 Å². The monoisotopic (exact) mass is 338 g/mol. The van der Waals surface area contributed by atoms with Crippen molar-refractivity contribution in [1.82, 2.24) is 19.8 Å². The summed E-state index contributed by atoms with van der Waals surface area (Å²) >= 11 is 0. The Labute approximate surface area is 129 Å². The molecule has 2 rings (SSSR count). The number of piperazine rings is 1. The van der Waals surface area contributed by atoms with Gasteiger partial charge in [-0.1, -0.05) is 0 Å². The number of hydrogen-bond donors (Lipinski definition) is 2. The highest BCUT2D eigenvalue weighted by Crippen LogP contribution is 2.19. The van der Waals surface area contributed by atoms with Gasteiger partial charge in [-0.3, -0.25) is 5.10 Å². The summed E-state index contributed by atoms with van der Waals surface area (Å²) in [6.45, 7) is 5.01. The number of rotatable bonds is 4. The summed E-state index contributed by atoms with van der Waals surface area (Å²) in [6, 6.07) is 0.0625. The summed E-state index contributed by atoms with van der Waals surface area (Å²) in [4.78, 5) is 11.7. The minimum Gasteiger partial charge on any atom is -0.462 e. The highest BCUT2D eigenvalue weighted by atomic mass is 35.5. The van der Waals surface area contributed by atoms with E-state index in [-0.39, 0.29) is 35.6 Å². The van der Waals surface area contributed by atoms with Crippen molar-refractivity contribution in [3.8, 4) is 0 Å². The largest absolute Gasteiger partial charge is 0.462 e. The zero-order chi connectivity index (χ0) is 14.8. The quantitative estimate of drug-likeness (QED) is 0.748. The Hall–Kier alpha value is -1.16. The van der Waals surface area contributed by atoms with E-state index in [1.165, 1.54) is 10.5 Å². The summed E-state index contributed by atoms with van der Waals surface area (Å²) < 4.78 is 31.3. The van der Waals surface area contributed by atoms with Gasteiger partial charge >= 0.3 is 5.97 Å². The fourth-order valence-electron chi connectivity index (χ4n) is 2.07. The number of halogens is 1. The van der Waals surface area contributed by atoms with E-state index in [1.807, 2.05) is 6.92 Å². The van der Waals surface area contributed by atoms with Crippen LogP contribution in [0.2, 0.25) is 0 Å². The van der Waals surface area contributed by atoms with E-state index < -0.39 is 16.0 Å². The number of H-pyrrole nitrogens is 1. The van der Waals surface area contributed by atoms with Crippen molar-refractivity contribution >= 4 is 28.4 Å². The minimum absolute atomic E-state index is 0. The number of ether oxygens (including phenoxy) is 1. The van der Waals surface area contributed by atoms with Gasteiger partial charge in [0.25, 0.3) is 10.0 Å². The predicted molar refractivity (Wildman–Crippen MR) is 78.0 cm³/mol. The maximum atomic E-state index is 12.5. The number of hydrogen-bond acceptors (Lipinski definition) is 6. The van der Waals surface area contributed by atoms with Gasteiger partial charge in [-0.2, -0.15) is 9.40 Å². The Bertz CT molecular complexity index is 589. The molecule has 0 aromatic carbocycles. The maximum Gasteiger partial charge on any atom is 0.342 e. The Morgan fingerprint density at radius 2 is 2.29 bits per heavy atom. The van der Waals surface area contributed by atoms with Crippen molar-refractivity contribution in [2.75, 3.05) is 26.2 Å². The van der Waals surface area contributed by atoms with Crippen LogP contribution in [0, 0.1) is 0 Å². The molecule has 120 valence electrons. The normalized spacial score (nSPS) is 19.8. The van der Waals surface area contributed by atoms with Crippen LogP contribution in [0.3, 0.4) is 0 Å². The predicted octanol–water partition coefficient (Wildman–Crippen LogP) is -0.00940. The molecule has 0 amide bonds. The van der Waals surface area contributed by atoms with E-state index in [0.29, 0.717) is 19.6 Å². The molecule has 8 nitrogen and oxygen atoms in total. The zero-order valence-electron chi connectivity index (χ0n) is 11.8. The fraction of sp³-hybridized carbons (Fsp3) is 0.636. The summed E-state index contributed by atoms with van der Waals surface area (Å²) in [5.41, 5.74) is -0.0574. The number of nitrogens with zero attached hydrogens (tertiary/aromatic N) is 2. The molecule has 21 heavy (non-hydrogen) atoms. The second kappa shape index (κ2) is 7.21.